The number of hydrogen-bond acceptors (Lipinski definition) is 5. The molecule has 6 nitrogen and oxygen atoms in total. The van der Waals surface area contributed by atoms with Crippen molar-refractivity contribution in [2.24, 2.45) is 34.5 Å². The number of ether oxygens (including phenoxy) is 2. The molecule has 6 heteroatoms. The monoisotopic (exact) mass is 585 g/mol. The Kier molecular flexibility index (Phi) is 8.81. The Hall–Kier alpha value is -1.14. The summed E-state index contributed by atoms with van der Waals surface area (Å²) < 4.78 is 13.9. The lowest BCUT2D eigenvalue weighted by molar-refractivity contribution is -0.940. The van der Waals surface area contributed by atoms with Crippen molar-refractivity contribution < 1.29 is 23.5 Å². The van der Waals surface area contributed by atoms with E-state index in [0.717, 1.165) is 29.9 Å². The highest BCUT2D eigenvalue weighted by Crippen LogP contribution is 2.67. The number of carbonyl (C=O) groups excluding carboxylic acids is 2. The average Bonchev–Trinajstić information content (AvgIpc) is 3.30. The Labute approximate surface area is 256 Å². The first-order valence-electron chi connectivity index (χ1n) is 18.1. The first kappa shape index (κ1) is 30.9. The summed E-state index contributed by atoms with van der Waals surface area (Å²) in [6.45, 7) is 13.8. The van der Waals surface area contributed by atoms with E-state index in [9.17, 15) is 9.59 Å². The Balaban J connectivity index is 1.29. The number of quaternary nitrogens is 1. The van der Waals surface area contributed by atoms with Crippen molar-refractivity contribution in [1.29, 1.82) is 0 Å². The third kappa shape index (κ3) is 5.26. The predicted molar refractivity (Wildman–Crippen MR) is 166 cm³/mol. The number of fused-ring (bicyclic) bond motifs is 5. The normalized spacial score (nSPS) is 45.3. The highest BCUT2D eigenvalue weighted by Gasteiger charge is 2.67. The number of likely N-dealkylation sites (tertiary alicyclic amines) is 2. The number of carbonyl (C=O) groups is 2. The van der Waals surface area contributed by atoms with Crippen molar-refractivity contribution in [3.63, 3.8) is 0 Å². The molecule has 0 aromatic heterocycles. The molecule has 4 aliphatic carbocycles. The van der Waals surface area contributed by atoms with Crippen LogP contribution >= 0.6 is 0 Å². The minimum Gasteiger partial charge on any atom is -0.461 e. The van der Waals surface area contributed by atoms with Gasteiger partial charge in [-0.05, 0) is 113 Å². The van der Waals surface area contributed by atoms with Gasteiger partial charge in [-0.25, -0.2) is 0 Å². The number of hydrogen-bond donors (Lipinski definition) is 0. The van der Waals surface area contributed by atoms with Crippen LogP contribution in [0.5, 0.6) is 0 Å². The van der Waals surface area contributed by atoms with Gasteiger partial charge in [-0.15, -0.1) is 0 Å². The van der Waals surface area contributed by atoms with Crippen LogP contribution in [0.2, 0.25) is 0 Å². The molecule has 0 spiro atoms. The lowest BCUT2D eigenvalue weighted by atomic mass is 9.44. The summed E-state index contributed by atoms with van der Waals surface area (Å²) >= 11 is 0. The van der Waals surface area contributed by atoms with Gasteiger partial charge in [-0.2, -0.15) is 0 Å². The third-order valence-corrected chi connectivity index (χ3v) is 14.2. The fourth-order valence-corrected chi connectivity index (χ4v) is 11.8. The van der Waals surface area contributed by atoms with Crippen LogP contribution in [0.1, 0.15) is 124 Å². The highest BCUT2D eigenvalue weighted by atomic mass is 16.5. The number of nitrogens with zero attached hydrogens (tertiary/aromatic N) is 2. The molecule has 6 rings (SSSR count). The van der Waals surface area contributed by atoms with Gasteiger partial charge in [0.1, 0.15) is 12.1 Å². The molecular formula is C36H61N2O4+. The molecule has 2 aliphatic heterocycles. The zero-order valence-electron chi connectivity index (χ0n) is 27.6. The van der Waals surface area contributed by atoms with Gasteiger partial charge >= 0.3 is 11.9 Å². The van der Waals surface area contributed by atoms with E-state index in [0.29, 0.717) is 48.1 Å². The molecule has 0 radical (unpaired) electrons. The van der Waals surface area contributed by atoms with Gasteiger partial charge in [0.2, 0.25) is 0 Å². The van der Waals surface area contributed by atoms with Gasteiger partial charge in [-0.1, -0.05) is 34.1 Å². The summed E-state index contributed by atoms with van der Waals surface area (Å²) in [4.78, 5) is 28.2. The van der Waals surface area contributed by atoms with Gasteiger partial charge in [0.05, 0.1) is 20.1 Å². The molecule has 238 valence electrons. The standard InChI is InChI=1S/C36H61N2O4/c1-6-32(39)41-31-22-25-14-15-26-27(36(25,4)24-29(31)37-18-10-8-11-19-37)16-17-35(3)28(26)23-30(34(35)42-33(40)7-2)38(5)20-12-9-13-21-38/h25-31,34H,6-24H2,1-5H3/q+1/t25-,26?,27?,28?,29-,30-,31-,34+,35-,36-/m0/s1. The van der Waals surface area contributed by atoms with Crippen molar-refractivity contribution in [3.05, 3.63) is 0 Å². The molecule has 2 saturated heterocycles. The molecule has 0 bridgehead atoms. The van der Waals surface area contributed by atoms with E-state index in [4.69, 9.17) is 9.47 Å². The molecule has 2 heterocycles. The van der Waals surface area contributed by atoms with E-state index in [1.165, 1.54) is 90.1 Å². The molecule has 4 saturated carbocycles. The van der Waals surface area contributed by atoms with Crippen LogP contribution in [0.25, 0.3) is 0 Å². The van der Waals surface area contributed by atoms with E-state index in [1.807, 2.05) is 13.8 Å². The van der Waals surface area contributed by atoms with Crippen molar-refractivity contribution >= 4 is 11.9 Å². The van der Waals surface area contributed by atoms with E-state index < -0.39 is 0 Å². The maximum Gasteiger partial charge on any atom is 0.306 e. The van der Waals surface area contributed by atoms with Crippen LogP contribution in [0.15, 0.2) is 0 Å². The summed E-state index contributed by atoms with van der Waals surface area (Å²) in [7, 11) is 2.48. The molecule has 6 fully saturated rings. The van der Waals surface area contributed by atoms with Crippen LogP contribution in [-0.4, -0.2) is 78.8 Å². The third-order valence-electron chi connectivity index (χ3n) is 14.2. The van der Waals surface area contributed by atoms with Crippen LogP contribution in [0.3, 0.4) is 0 Å². The Morgan fingerprint density at radius 2 is 1.48 bits per heavy atom. The molecule has 0 N–H and O–H groups in total. The summed E-state index contributed by atoms with van der Waals surface area (Å²) in [5, 5.41) is 0. The smallest absolute Gasteiger partial charge is 0.306 e. The Morgan fingerprint density at radius 3 is 2.17 bits per heavy atom. The maximum absolute atomic E-state index is 12.9. The number of esters is 2. The van der Waals surface area contributed by atoms with Crippen molar-refractivity contribution in [2.75, 3.05) is 33.2 Å². The van der Waals surface area contributed by atoms with Gasteiger partial charge in [0.15, 0.2) is 6.10 Å². The van der Waals surface area contributed by atoms with Gasteiger partial charge in [0.25, 0.3) is 0 Å². The number of piperidine rings is 2. The van der Waals surface area contributed by atoms with Crippen molar-refractivity contribution in [2.45, 2.75) is 148 Å². The van der Waals surface area contributed by atoms with Crippen molar-refractivity contribution in [1.82, 2.24) is 4.90 Å². The Morgan fingerprint density at radius 1 is 0.810 bits per heavy atom. The lowest BCUT2D eigenvalue weighted by Crippen LogP contribution is -2.61. The molecule has 10 atom stereocenters. The van der Waals surface area contributed by atoms with Crippen molar-refractivity contribution in [3.8, 4) is 0 Å². The Bertz CT molecular complexity index is 989. The van der Waals surface area contributed by atoms with Crippen LogP contribution in [0, 0.1) is 34.5 Å². The number of rotatable bonds is 6. The lowest BCUT2D eigenvalue weighted by Gasteiger charge is -2.62. The molecule has 42 heavy (non-hydrogen) atoms. The molecule has 6 aliphatic rings. The quantitative estimate of drug-likeness (QED) is 0.255. The van der Waals surface area contributed by atoms with Gasteiger partial charge in [-0.3, -0.25) is 14.5 Å². The second-order valence-electron chi connectivity index (χ2n) is 16.2. The number of likely N-dealkylation sites (N-methyl/N-ethyl adjacent to an activating group) is 1. The molecule has 0 aromatic carbocycles. The largest absolute Gasteiger partial charge is 0.461 e. The zero-order chi connectivity index (χ0) is 29.7. The summed E-state index contributed by atoms with van der Waals surface area (Å²) in [5.41, 5.74) is 0.372. The minimum atomic E-state index is -0.0215. The zero-order valence-corrected chi connectivity index (χ0v) is 27.6. The average molecular weight is 586 g/mol. The van der Waals surface area contributed by atoms with Crippen LogP contribution < -0.4 is 0 Å². The van der Waals surface area contributed by atoms with E-state index in [2.05, 4.69) is 25.8 Å². The van der Waals surface area contributed by atoms with Gasteiger partial charge in [0, 0.05) is 30.7 Å². The van der Waals surface area contributed by atoms with Gasteiger partial charge < -0.3 is 14.0 Å². The molecule has 0 aromatic rings. The van der Waals surface area contributed by atoms with E-state index in [1.54, 1.807) is 0 Å². The highest BCUT2D eigenvalue weighted by molar-refractivity contribution is 5.69. The fraction of sp³-hybridized carbons (Fsp3) is 0.944. The molecule has 0 amide bonds. The maximum atomic E-state index is 12.9. The summed E-state index contributed by atoms with van der Waals surface area (Å²) in [6.07, 6.45) is 17.3. The second-order valence-corrected chi connectivity index (χ2v) is 16.2. The molecule has 3 unspecified atom stereocenters. The topological polar surface area (TPSA) is 55.8 Å². The first-order valence-corrected chi connectivity index (χ1v) is 18.1. The summed E-state index contributed by atoms with van der Waals surface area (Å²) in [5.74, 6) is 2.68. The molecular weight excluding hydrogens is 524 g/mol. The SMILES string of the molecule is CCC(=O)O[C@H]1C[C@@H]2CCC3C4C[C@H]([N+]5(C)CCCCC5)[C@@H](OC(=O)CC)[C@@]4(C)CCC3[C@@]2(C)C[C@@H]1N1CCCCC1. The second kappa shape index (κ2) is 12.0. The van der Waals surface area contributed by atoms with E-state index in [-0.39, 0.29) is 29.6 Å². The minimum absolute atomic E-state index is 0.00222. The summed E-state index contributed by atoms with van der Waals surface area (Å²) in [6, 6.07) is 0.798. The van der Waals surface area contributed by atoms with E-state index >= 15 is 0 Å². The predicted octanol–water partition coefficient (Wildman–Crippen LogP) is 6.75. The van der Waals surface area contributed by atoms with Crippen LogP contribution in [0.4, 0.5) is 0 Å². The van der Waals surface area contributed by atoms with Crippen LogP contribution in [-0.2, 0) is 19.1 Å². The first-order chi connectivity index (χ1) is 20.1. The fourth-order valence-electron chi connectivity index (χ4n) is 11.8.